The highest BCUT2D eigenvalue weighted by atomic mass is 16.5. The summed E-state index contributed by atoms with van der Waals surface area (Å²) in [5, 5.41) is 11.1. The Labute approximate surface area is 141 Å². The molecule has 0 saturated carbocycles. The quantitative estimate of drug-likeness (QED) is 0.687. The molecule has 1 fully saturated rings. The van der Waals surface area contributed by atoms with Crippen LogP contribution in [0.3, 0.4) is 0 Å². The third-order valence-corrected chi connectivity index (χ3v) is 5.03. The molecule has 0 amide bonds. The summed E-state index contributed by atoms with van der Waals surface area (Å²) in [4.78, 5) is 2.49. The smallest absolute Gasteiger partial charge is 0.119 e. The van der Waals surface area contributed by atoms with Gasteiger partial charge in [0.2, 0.25) is 0 Å². The van der Waals surface area contributed by atoms with E-state index in [1.165, 1.54) is 32.4 Å². The zero-order valence-corrected chi connectivity index (χ0v) is 14.9. The van der Waals surface area contributed by atoms with Gasteiger partial charge in [-0.2, -0.15) is 0 Å². The van der Waals surface area contributed by atoms with Gasteiger partial charge in [-0.3, -0.25) is 0 Å². The maximum absolute atomic E-state index is 11.1. The van der Waals surface area contributed by atoms with Crippen LogP contribution in [0, 0.1) is 0 Å². The number of benzene rings is 1. The van der Waals surface area contributed by atoms with Gasteiger partial charge in [-0.1, -0.05) is 38.8 Å². The molecule has 0 aromatic heterocycles. The summed E-state index contributed by atoms with van der Waals surface area (Å²) in [6, 6.07) is 8.04. The van der Waals surface area contributed by atoms with Gasteiger partial charge in [0.05, 0.1) is 12.2 Å². The number of unbranched alkanes of at least 4 members (excludes halogenated alkanes) is 1. The van der Waals surface area contributed by atoms with E-state index in [-0.39, 0.29) is 0 Å². The number of nitrogens with zero attached hydrogens (tertiary/aromatic N) is 1. The van der Waals surface area contributed by atoms with E-state index in [1.54, 1.807) is 0 Å². The maximum Gasteiger partial charge on any atom is 0.119 e. The van der Waals surface area contributed by atoms with Gasteiger partial charge in [0, 0.05) is 6.54 Å². The Kier molecular flexibility index (Phi) is 7.38. The fraction of sp³-hybridized carbons (Fsp3) is 0.700. The van der Waals surface area contributed by atoms with Gasteiger partial charge in [-0.25, -0.2) is 0 Å². The van der Waals surface area contributed by atoms with Crippen molar-refractivity contribution in [3.05, 3.63) is 29.8 Å². The molecule has 1 aliphatic heterocycles. The van der Waals surface area contributed by atoms with Crippen LogP contribution in [0.25, 0.3) is 0 Å². The van der Waals surface area contributed by atoms with E-state index in [4.69, 9.17) is 4.74 Å². The van der Waals surface area contributed by atoms with E-state index >= 15 is 0 Å². The lowest BCUT2D eigenvalue weighted by Crippen LogP contribution is -2.36. The molecule has 1 aliphatic rings. The summed E-state index contributed by atoms with van der Waals surface area (Å²) in [5.41, 5.74) is 0.291. The summed E-state index contributed by atoms with van der Waals surface area (Å²) in [7, 11) is 0. The Morgan fingerprint density at radius 1 is 1.09 bits per heavy atom. The highest BCUT2D eigenvalue weighted by Gasteiger charge is 2.28. The molecule has 0 unspecified atom stereocenters. The minimum atomic E-state index is -0.723. The molecule has 1 aromatic carbocycles. The Morgan fingerprint density at radius 3 is 2.39 bits per heavy atom. The third-order valence-electron chi connectivity index (χ3n) is 5.03. The molecule has 0 bridgehead atoms. The summed E-state index contributed by atoms with van der Waals surface area (Å²) in [6.07, 6.45) is 7.73. The zero-order valence-electron chi connectivity index (χ0n) is 14.9. The first-order chi connectivity index (χ1) is 11.2. The van der Waals surface area contributed by atoms with Crippen LogP contribution in [0.5, 0.6) is 5.75 Å². The Morgan fingerprint density at radius 2 is 1.78 bits per heavy atom. The number of aliphatic hydroxyl groups is 1. The Balaban J connectivity index is 1.91. The minimum Gasteiger partial charge on any atom is -0.494 e. The molecule has 1 aromatic rings. The Hall–Kier alpha value is -1.06. The van der Waals surface area contributed by atoms with Crippen LogP contribution in [0.1, 0.15) is 64.4 Å². The average molecular weight is 319 g/mol. The van der Waals surface area contributed by atoms with Crippen LogP contribution in [0.2, 0.25) is 0 Å². The summed E-state index contributed by atoms with van der Waals surface area (Å²) in [5.74, 6) is 0.900. The number of rotatable bonds is 9. The van der Waals surface area contributed by atoms with Crippen molar-refractivity contribution in [2.24, 2.45) is 0 Å². The largest absolute Gasteiger partial charge is 0.494 e. The average Bonchev–Trinajstić information content (AvgIpc) is 2.61. The molecule has 0 spiro atoms. The van der Waals surface area contributed by atoms with Gasteiger partial charge in [-0.15, -0.1) is 0 Å². The van der Waals surface area contributed by atoms with Crippen LogP contribution in [-0.4, -0.2) is 36.2 Å². The SMILES string of the molecule is CCCCOc1ccc([C@@](O)(CC)CCN2CCCCC2)cc1. The molecule has 1 heterocycles. The highest BCUT2D eigenvalue weighted by molar-refractivity contribution is 5.31. The van der Waals surface area contributed by atoms with Crippen molar-refractivity contribution in [2.45, 2.75) is 64.4 Å². The van der Waals surface area contributed by atoms with Crippen molar-refractivity contribution in [3.8, 4) is 5.75 Å². The van der Waals surface area contributed by atoms with E-state index < -0.39 is 5.60 Å². The lowest BCUT2D eigenvalue weighted by atomic mass is 9.87. The van der Waals surface area contributed by atoms with Gasteiger partial charge in [0.15, 0.2) is 0 Å². The molecular formula is C20H33NO2. The maximum atomic E-state index is 11.1. The predicted molar refractivity (Wildman–Crippen MR) is 95.9 cm³/mol. The van der Waals surface area contributed by atoms with Gasteiger partial charge < -0.3 is 14.7 Å². The monoisotopic (exact) mass is 319 g/mol. The van der Waals surface area contributed by atoms with Gasteiger partial charge in [0.25, 0.3) is 0 Å². The standard InChI is InChI=1S/C20H33NO2/c1-3-5-17-23-19-11-9-18(10-12-19)20(22,4-2)13-16-21-14-7-6-8-15-21/h9-12,22H,3-8,13-17H2,1-2H3/t20-/m1/s1. The first kappa shape index (κ1) is 18.3. The minimum absolute atomic E-state index is 0.723. The van der Waals surface area contributed by atoms with Gasteiger partial charge >= 0.3 is 0 Å². The molecule has 1 saturated heterocycles. The lowest BCUT2D eigenvalue weighted by Gasteiger charge is -2.32. The molecule has 3 nitrogen and oxygen atoms in total. The second-order valence-electron chi connectivity index (χ2n) is 6.76. The summed E-state index contributed by atoms with van der Waals surface area (Å²) >= 11 is 0. The van der Waals surface area contributed by atoms with Gasteiger partial charge in [-0.05, 0) is 62.9 Å². The van der Waals surface area contributed by atoms with Crippen LogP contribution in [0.15, 0.2) is 24.3 Å². The van der Waals surface area contributed by atoms with Crippen molar-refractivity contribution < 1.29 is 9.84 Å². The number of ether oxygens (including phenoxy) is 1. The third kappa shape index (κ3) is 5.50. The van der Waals surface area contributed by atoms with Crippen molar-refractivity contribution in [1.82, 2.24) is 4.90 Å². The second-order valence-corrected chi connectivity index (χ2v) is 6.76. The molecular weight excluding hydrogens is 286 g/mol. The molecule has 3 heteroatoms. The summed E-state index contributed by atoms with van der Waals surface area (Å²) in [6.45, 7) is 8.36. The van der Waals surface area contributed by atoms with Crippen molar-refractivity contribution in [2.75, 3.05) is 26.2 Å². The van der Waals surface area contributed by atoms with Crippen LogP contribution < -0.4 is 4.74 Å². The van der Waals surface area contributed by atoms with Crippen molar-refractivity contribution in [1.29, 1.82) is 0 Å². The van der Waals surface area contributed by atoms with E-state index in [2.05, 4.69) is 18.7 Å². The molecule has 0 radical (unpaired) electrons. The van der Waals surface area contributed by atoms with Crippen LogP contribution in [0.4, 0.5) is 0 Å². The topological polar surface area (TPSA) is 32.7 Å². The van der Waals surface area contributed by atoms with E-state index in [0.717, 1.165) is 50.1 Å². The molecule has 0 aliphatic carbocycles. The zero-order chi connectivity index (χ0) is 16.5. The second kappa shape index (κ2) is 9.29. The molecule has 130 valence electrons. The Bertz CT molecular complexity index is 439. The number of hydrogen-bond acceptors (Lipinski definition) is 3. The predicted octanol–water partition coefficient (Wildman–Crippen LogP) is 4.34. The van der Waals surface area contributed by atoms with E-state index in [9.17, 15) is 5.11 Å². The van der Waals surface area contributed by atoms with E-state index in [0.29, 0.717) is 0 Å². The highest BCUT2D eigenvalue weighted by Crippen LogP contribution is 2.30. The van der Waals surface area contributed by atoms with Crippen LogP contribution >= 0.6 is 0 Å². The molecule has 1 atom stereocenters. The number of likely N-dealkylation sites (tertiary alicyclic amines) is 1. The van der Waals surface area contributed by atoms with Crippen LogP contribution in [-0.2, 0) is 5.60 Å². The first-order valence-electron chi connectivity index (χ1n) is 9.36. The molecule has 23 heavy (non-hydrogen) atoms. The van der Waals surface area contributed by atoms with E-state index in [1.807, 2.05) is 24.3 Å². The van der Waals surface area contributed by atoms with Gasteiger partial charge in [0.1, 0.15) is 5.75 Å². The number of piperidine rings is 1. The first-order valence-corrected chi connectivity index (χ1v) is 9.36. The summed E-state index contributed by atoms with van der Waals surface area (Å²) < 4.78 is 5.71. The lowest BCUT2D eigenvalue weighted by molar-refractivity contribution is 0.0115. The molecule has 1 N–H and O–H groups in total. The fourth-order valence-corrected chi connectivity index (χ4v) is 3.25. The molecule has 2 rings (SSSR count). The number of hydrogen-bond donors (Lipinski definition) is 1. The van der Waals surface area contributed by atoms with Crippen molar-refractivity contribution >= 4 is 0 Å². The van der Waals surface area contributed by atoms with Crippen molar-refractivity contribution in [3.63, 3.8) is 0 Å². The fourth-order valence-electron chi connectivity index (χ4n) is 3.25. The normalized spacial score (nSPS) is 18.6.